The summed E-state index contributed by atoms with van der Waals surface area (Å²) < 4.78 is 22.9. The van der Waals surface area contributed by atoms with Crippen molar-refractivity contribution in [1.29, 1.82) is 0 Å². The number of nitrogens with two attached hydrogens (primary N) is 1. The highest BCUT2D eigenvalue weighted by molar-refractivity contribution is 7.89. The number of hydrogen-bond donors (Lipinski definition) is 2. The average molecular weight is 340 g/mol. The van der Waals surface area contributed by atoms with Crippen LogP contribution in [0.5, 0.6) is 0 Å². The van der Waals surface area contributed by atoms with E-state index in [-0.39, 0.29) is 16.6 Å². The van der Waals surface area contributed by atoms with Crippen LogP contribution in [0, 0.1) is 10.1 Å². The Morgan fingerprint density at radius 2 is 1.78 bits per heavy atom. The van der Waals surface area contributed by atoms with E-state index < -0.39 is 14.9 Å². The van der Waals surface area contributed by atoms with E-state index in [9.17, 15) is 18.5 Å². The Labute approximate surface area is 134 Å². The zero-order chi connectivity index (χ0) is 16.6. The Morgan fingerprint density at radius 1 is 1.17 bits per heavy atom. The minimum atomic E-state index is -3.96. The molecule has 3 rings (SSSR count). The average Bonchev–Trinajstić information content (AvgIpc) is 3.32. The van der Waals surface area contributed by atoms with Gasteiger partial charge in [-0.2, -0.15) is 0 Å². The van der Waals surface area contributed by atoms with Gasteiger partial charge in [-0.1, -0.05) is 0 Å². The number of piperidine rings is 1. The molecule has 0 amide bonds. The van der Waals surface area contributed by atoms with Crippen molar-refractivity contribution in [1.82, 2.24) is 5.32 Å². The van der Waals surface area contributed by atoms with Crippen molar-refractivity contribution in [3.05, 3.63) is 28.3 Å². The van der Waals surface area contributed by atoms with E-state index in [0.29, 0.717) is 11.7 Å². The molecule has 1 saturated heterocycles. The second kappa shape index (κ2) is 6.06. The van der Waals surface area contributed by atoms with E-state index in [0.717, 1.165) is 44.8 Å². The molecule has 0 radical (unpaired) electrons. The molecule has 0 aromatic heterocycles. The lowest BCUT2D eigenvalue weighted by Gasteiger charge is -2.36. The van der Waals surface area contributed by atoms with Crippen LogP contribution >= 0.6 is 0 Å². The Hall–Kier alpha value is -1.71. The van der Waals surface area contributed by atoms with Gasteiger partial charge in [0, 0.05) is 18.2 Å². The third kappa shape index (κ3) is 3.46. The molecule has 1 aliphatic heterocycles. The number of sulfonamides is 1. The van der Waals surface area contributed by atoms with Crippen LogP contribution in [-0.4, -0.2) is 38.5 Å². The minimum absolute atomic E-state index is 0.193. The molecule has 23 heavy (non-hydrogen) atoms. The topological polar surface area (TPSA) is 119 Å². The fourth-order valence-electron chi connectivity index (χ4n) is 3.17. The lowest BCUT2D eigenvalue weighted by Crippen LogP contribution is -2.44. The summed E-state index contributed by atoms with van der Waals surface area (Å²) in [5.41, 5.74) is 0.304. The Balaban J connectivity index is 2.03. The predicted octanol–water partition coefficient (Wildman–Crippen LogP) is 0.963. The van der Waals surface area contributed by atoms with Gasteiger partial charge >= 0.3 is 0 Å². The zero-order valence-corrected chi connectivity index (χ0v) is 13.5. The Kier molecular flexibility index (Phi) is 4.26. The maximum Gasteiger partial charge on any atom is 0.293 e. The highest BCUT2D eigenvalue weighted by Gasteiger charge is 2.38. The standard InChI is InChI=1S/C14H20N4O4S/c15-23(21,22)12-3-4-13(14(9-12)18(19)20)17(10-1-2-10)11-5-7-16-8-6-11/h3-4,9-11,16H,1-2,5-8H2,(H2,15,21,22). The summed E-state index contributed by atoms with van der Waals surface area (Å²) in [5.74, 6) is 0. The van der Waals surface area contributed by atoms with E-state index >= 15 is 0 Å². The molecule has 1 aromatic carbocycles. The SMILES string of the molecule is NS(=O)(=O)c1ccc(N(C2CCNCC2)C2CC2)c([N+](=O)[O-])c1. The van der Waals surface area contributed by atoms with Gasteiger partial charge in [-0.05, 0) is 50.9 Å². The predicted molar refractivity (Wildman–Crippen MR) is 85.9 cm³/mol. The van der Waals surface area contributed by atoms with E-state index in [4.69, 9.17) is 5.14 Å². The Morgan fingerprint density at radius 3 is 2.30 bits per heavy atom. The van der Waals surface area contributed by atoms with Gasteiger partial charge in [0.15, 0.2) is 0 Å². The number of nitro benzene ring substituents is 1. The number of hydrogen-bond acceptors (Lipinski definition) is 6. The number of primary sulfonamides is 1. The van der Waals surface area contributed by atoms with E-state index in [2.05, 4.69) is 10.2 Å². The number of rotatable bonds is 5. The zero-order valence-electron chi connectivity index (χ0n) is 12.6. The summed E-state index contributed by atoms with van der Waals surface area (Å²) >= 11 is 0. The number of nitro groups is 1. The van der Waals surface area contributed by atoms with E-state index in [1.54, 1.807) is 0 Å². The molecular weight excluding hydrogens is 320 g/mol. The summed E-state index contributed by atoms with van der Waals surface area (Å²) in [4.78, 5) is 12.8. The molecule has 1 heterocycles. The van der Waals surface area contributed by atoms with Crippen LogP contribution in [-0.2, 0) is 10.0 Å². The summed E-state index contributed by atoms with van der Waals surface area (Å²) in [7, 11) is -3.96. The maximum absolute atomic E-state index is 11.5. The third-order valence-electron chi connectivity index (χ3n) is 4.39. The molecule has 0 bridgehead atoms. The van der Waals surface area contributed by atoms with Gasteiger partial charge in [0.1, 0.15) is 5.69 Å². The number of benzene rings is 1. The highest BCUT2D eigenvalue weighted by atomic mass is 32.2. The molecule has 3 N–H and O–H groups in total. The van der Waals surface area contributed by atoms with Gasteiger partial charge < -0.3 is 10.2 Å². The second-order valence-electron chi connectivity index (χ2n) is 6.07. The minimum Gasteiger partial charge on any atom is -0.360 e. The second-order valence-corrected chi connectivity index (χ2v) is 7.63. The first-order valence-corrected chi connectivity index (χ1v) is 9.23. The largest absolute Gasteiger partial charge is 0.360 e. The number of anilines is 1. The van der Waals surface area contributed by atoms with Crippen LogP contribution < -0.4 is 15.4 Å². The van der Waals surface area contributed by atoms with E-state index in [1.807, 2.05) is 0 Å². The molecule has 1 aliphatic carbocycles. The molecule has 1 saturated carbocycles. The molecule has 8 nitrogen and oxygen atoms in total. The summed E-state index contributed by atoms with van der Waals surface area (Å²) in [6, 6.07) is 4.49. The van der Waals surface area contributed by atoms with Crippen molar-refractivity contribution < 1.29 is 13.3 Å². The molecule has 0 unspecified atom stereocenters. The normalized spacial score (nSPS) is 19.5. The fraction of sp³-hybridized carbons (Fsp3) is 0.571. The molecule has 9 heteroatoms. The van der Waals surface area contributed by atoms with Crippen LogP contribution in [0.2, 0.25) is 0 Å². The van der Waals surface area contributed by atoms with Crippen LogP contribution in [0.3, 0.4) is 0 Å². The van der Waals surface area contributed by atoms with Crippen molar-refractivity contribution in [3.63, 3.8) is 0 Å². The summed E-state index contributed by atoms with van der Waals surface area (Å²) in [6.07, 6.45) is 3.87. The lowest BCUT2D eigenvalue weighted by atomic mass is 10.0. The first-order chi connectivity index (χ1) is 10.9. The number of nitrogens with zero attached hydrogens (tertiary/aromatic N) is 2. The molecule has 2 fully saturated rings. The lowest BCUT2D eigenvalue weighted by molar-refractivity contribution is -0.384. The molecule has 1 aromatic rings. The van der Waals surface area contributed by atoms with Gasteiger partial charge in [0.25, 0.3) is 5.69 Å². The van der Waals surface area contributed by atoms with Crippen LogP contribution in [0.15, 0.2) is 23.1 Å². The number of nitrogens with one attached hydrogen (secondary N) is 1. The molecule has 2 aliphatic rings. The van der Waals surface area contributed by atoms with Gasteiger partial charge in [0.05, 0.1) is 9.82 Å². The van der Waals surface area contributed by atoms with Gasteiger partial charge in [-0.15, -0.1) is 0 Å². The summed E-state index contributed by atoms with van der Waals surface area (Å²) in [6.45, 7) is 1.77. The third-order valence-corrected chi connectivity index (χ3v) is 5.30. The smallest absolute Gasteiger partial charge is 0.293 e. The van der Waals surface area contributed by atoms with Gasteiger partial charge in [0.2, 0.25) is 10.0 Å². The van der Waals surface area contributed by atoms with Gasteiger partial charge in [-0.3, -0.25) is 10.1 Å². The quantitative estimate of drug-likeness (QED) is 0.609. The van der Waals surface area contributed by atoms with Gasteiger partial charge in [-0.25, -0.2) is 13.6 Å². The van der Waals surface area contributed by atoms with Crippen molar-refractivity contribution in [3.8, 4) is 0 Å². The van der Waals surface area contributed by atoms with Crippen LogP contribution in [0.4, 0.5) is 11.4 Å². The summed E-state index contributed by atoms with van der Waals surface area (Å²) in [5, 5.41) is 19.8. The monoisotopic (exact) mass is 340 g/mol. The van der Waals surface area contributed by atoms with Crippen molar-refractivity contribution >= 4 is 21.4 Å². The molecular formula is C14H20N4O4S. The molecule has 126 valence electrons. The van der Waals surface area contributed by atoms with Crippen molar-refractivity contribution in [2.24, 2.45) is 5.14 Å². The first kappa shape index (κ1) is 16.2. The maximum atomic E-state index is 11.5. The first-order valence-electron chi connectivity index (χ1n) is 7.68. The molecule has 0 spiro atoms. The van der Waals surface area contributed by atoms with Crippen molar-refractivity contribution in [2.45, 2.75) is 42.7 Å². The molecule has 0 atom stereocenters. The van der Waals surface area contributed by atoms with Crippen molar-refractivity contribution in [2.75, 3.05) is 18.0 Å². The Bertz CT molecular complexity index is 711. The highest BCUT2D eigenvalue weighted by Crippen LogP contribution is 2.40. The van der Waals surface area contributed by atoms with Crippen LogP contribution in [0.1, 0.15) is 25.7 Å². The fourth-order valence-corrected chi connectivity index (χ4v) is 3.71. The van der Waals surface area contributed by atoms with Crippen LogP contribution in [0.25, 0.3) is 0 Å². The van der Waals surface area contributed by atoms with E-state index in [1.165, 1.54) is 12.1 Å².